The zero-order valence-electron chi connectivity index (χ0n) is 7.74. The van der Waals surface area contributed by atoms with E-state index in [0.717, 1.165) is 18.3 Å². The summed E-state index contributed by atoms with van der Waals surface area (Å²) >= 11 is 0. The molecule has 1 aliphatic carbocycles. The van der Waals surface area contributed by atoms with E-state index < -0.39 is 0 Å². The van der Waals surface area contributed by atoms with Crippen molar-refractivity contribution in [3.8, 4) is 0 Å². The van der Waals surface area contributed by atoms with E-state index in [2.05, 4.69) is 15.3 Å². The summed E-state index contributed by atoms with van der Waals surface area (Å²) in [6, 6.07) is 1.91. The molecule has 1 aromatic rings. The van der Waals surface area contributed by atoms with Gasteiger partial charge in [-0.05, 0) is 24.8 Å². The molecule has 70 valence electrons. The molecule has 0 atom stereocenters. The lowest BCUT2D eigenvalue weighted by Crippen LogP contribution is -2.11. The van der Waals surface area contributed by atoms with Crippen LogP contribution in [0.4, 0.5) is 5.82 Å². The Morgan fingerprint density at radius 2 is 2.23 bits per heavy atom. The van der Waals surface area contributed by atoms with Crippen molar-refractivity contribution in [2.24, 2.45) is 5.92 Å². The first-order valence-corrected chi connectivity index (χ1v) is 4.95. The second-order valence-electron chi connectivity index (χ2n) is 3.63. The molecule has 0 spiro atoms. The quantitative estimate of drug-likeness (QED) is 0.768. The Kier molecular flexibility index (Phi) is 2.75. The lowest BCUT2D eigenvalue weighted by Gasteiger charge is -2.10. The van der Waals surface area contributed by atoms with Crippen LogP contribution >= 0.6 is 0 Å². The summed E-state index contributed by atoms with van der Waals surface area (Å²) in [6.07, 6.45) is 8.89. The van der Waals surface area contributed by atoms with Crippen molar-refractivity contribution in [2.45, 2.75) is 25.7 Å². The Morgan fingerprint density at radius 1 is 1.38 bits per heavy atom. The average Bonchev–Trinajstić information content (AvgIpc) is 2.69. The molecule has 13 heavy (non-hydrogen) atoms. The van der Waals surface area contributed by atoms with E-state index in [1.807, 2.05) is 6.07 Å². The Hall–Kier alpha value is -1.12. The van der Waals surface area contributed by atoms with Gasteiger partial charge in [0.25, 0.3) is 0 Å². The summed E-state index contributed by atoms with van der Waals surface area (Å²) in [7, 11) is 0. The summed E-state index contributed by atoms with van der Waals surface area (Å²) in [5.41, 5.74) is 0. The van der Waals surface area contributed by atoms with Crippen molar-refractivity contribution in [3.05, 3.63) is 18.6 Å². The molecule has 1 saturated carbocycles. The van der Waals surface area contributed by atoms with Gasteiger partial charge < -0.3 is 5.32 Å². The van der Waals surface area contributed by atoms with Gasteiger partial charge in [-0.2, -0.15) is 0 Å². The molecule has 0 unspecified atom stereocenters. The fourth-order valence-corrected chi connectivity index (χ4v) is 1.86. The SMILES string of the molecule is c1cc(NCC2CCCC2)ncn1. The first kappa shape index (κ1) is 8.48. The number of hydrogen-bond donors (Lipinski definition) is 1. The van der Waals surface area contributed by atoms with E-state index in [1.165, 1.54) is 25.7 Å². The molecule has 0 aromatic carbocycles. The second kappa shape index (κ2) is 4.21. The molecule has 0 amide bonds. The Balaban J connectivity index is 1.79. The molecule has 0 radical (unpaired) electrons. The molecular weight excluding hydrogens is 162 g/mol. The maximum Gasteiger partial charge on any atom is 0.129 e. The topological polar surface area (TPSA) is 37.8 Å². The summed E-state index contributed by atoms with van der Waals surface area (Å²) in [6.45, 7) is 1.07. The van der Waals surface area contributed by atoms with Crippen LogP contribution in [-0.2, 0) is 0 Å². The van der Waals surface area contributed by atoms with Crippen LogP contribution in [0.1, 0.15) is 25.7 Å². The summed E-state index contributed by atoms with van der Waals surface area (Å²) in [5, 5.41) is 3.34. The van der Waals surface area contributed by atoms with Gasteiger partial charge in [-0.3, -0.25) is 0 Å². The monoisotopic (exact) mass is 177 g/mol. The van der Waals surface area contributed by atoms with Gasteiger partial charge in [0, 0.05) is 12.7 Å². The number of hydrogen-bond acceptors (Lipinski definition) is 3. The third-order valence-electron chi connectivity index (χ3n) is 2.63. The minimum Gasteiger partial charge on any atom is -0.370 e. The fourth-order valence-electron chi connectivity index (χ4n) is 1.86. The van der Waals surface area contributed by atoms with Crippen molar-refractivity contribution in [3.63, 3.8) is 0 Å². The first-order valence-electron chi connectivity index (χ1n) is 4.95. The first-order chi connectivity index (χ1) is 6.45. The molecule has 1 aromatic heterocycles. The highest BCUT2D eigenvalue weighted by molar-refractivity contribution is 5.31. The van der Waals surface area contributed by atoms with Gasteiger partial charge in [-0.1, -0.05) is 12.8 Å². The number of anilines is 1. The molecule has 1 N–H and O–H groups in total. The van der Waals surface area contributed by atoms with Crippen LogP contribution in [0.15, 0.2) is 18.6 Å². The minimum absolute atomic E-state index is 0.856. The summed E-state index contributed by atoms with van der Waals surface area (Å²) in [5.74, 6) is 1.80. The average molecular weight is 177 g/mol. The van der Waals surface area contributed by atoms with Crippen LogP contribution in [0.2, 0.25) is 0 Å². The third kappa shape index (κ3) is 2.41. The van der Waals surface area contributed by atoms with Gasteiger partial charge in [-0.25, -0.2) is 9.97 Å². The molecule has 0 saturated heterocycles. The summed E-state index contributed by atoms with van der Waals surface area (Å²) < 4.78 is 0. The number of nitrogens with one attached hydrogen (secondary N) is 1. The fraction of sp³-hybridized carbons (Fsp3) is 0.600. The van der Waals surface area contributed by atoms with E-state index in [1.54, 1.807) is 12.5 Å². The number of rotatable bonds is 3. The van der Waals surface area contributed by atoms with Gasteiger partial charge in [-0.15, -0.1) is 0 Å². The minimum atomic E-state index is 0.856. The maximum atomic E-state index is 4.12. The van der Waals surface area contributed by atoms with Crippen LogP contribution in [0, 0.1) is 5.92 Å². The second-order valence-corrected chi connectivity index (χ2v) is 3.63. The highest BCUT2D eigenvalue weighted by Gasteiger charge is 2.14. The van der Waals surface area contributed by atoms with Gasteiger partial charge in [0.15, 0.2) is 0 Å². The maximum absolute atomic E-state index is 4.12. The van der Waals surface area contributed by atoms with Gasteiger partial charge in [0.05, 0.1) is 0 Å². The van der Waals surface area contributed by atoms with Crippen molar-refractivity contribution in [1.82, 2.24) is 9.97 Å². The molecule has 0 bridgehead atoms. The Morgan fingerprint density at radius 3 is 2.92 bits per heavy atom. The molecule has 3 heteroatoms. The predicted octanol–water partition coefficient (Wildman–Crippen LogP) is 2.08. The van der Waals surface area contributed by atoms with Gasteiger partial charge in [0.1, 0.15) is 12.1 Å². The van der Waals surface area contributed by atoms with E-state index in [-0.39, 0.29) is 0 Å². The van der Waals surface area contributed by atoms with E-state index in [4.69, 9.17) is 0 Å². The zero-order chi connectivity index (χ0) is 8.93. The third-order valence-corrected chi connectivity index (χ3v) is 2.63. The molecular formula is C10H15N3. The summed E-state index contributed by atoms with van der Waals surface area (Å²) in [4.78, 5) is 7.99. The van der Waals surface area contributed by atoms with Crippen molar-refractivity contribution >= 4 is 5.82 Å². The van der Waals surface area contributed by atoms with Crippen LogP contribution < -0.4 is 5.32 Å². The molecule has 3 nitrogen and oxygen atoms in total. The molecule has 0 aliphatic heterocycles. The Labute approximate surface area is 78.6 Å². The normalized spacial score (nSPS) is 17.5. The molecule has 2 rings (SSSR count). The zero-order valence-corrected chi connectivity index (χ0v) is 7.74. The molecule has 1 aliphatic rings. The smallest absolute Gasteiger partial charge is 0.129 e. The Bertz CT molecular complexity index is 242. The van der Waals surface area contributed by atoms with Gasteiger partial charge >= 0.3 is 0 Å². The van der Waals surface area contributed by atoms with E-state index in [0.29, 0.717) is 0 Å². The highest BCUT2D eigenvalue weighted by atomic mass is 15.0. The molecule has 1 fully saturated rings. The van der Waals surface area contributed by atoms with Crippen LogP contribution in [-0.4, -0.2) is 16.5 Å². The van der Waals surface area contributed by atoms with Crippen molar-refractivity contribution < 1.29 is 0 Å². The molecule has 1 heterocycles. The van der Waals surface area contributed by atoms with Crippen LogP contribution in [0.3, 0.4) is 0 Å². The van der Waals surface area contributed by atoms with Crippen molar-refractivity contribution in [1.29, 1.82) is 0 Å². The standard InChI is InChI=1S/C10H15N3/c1-2-4-9(3-1)7-12-10-5-6-11-8-13-10/h5-6,8-9H,1-4,7H2,(H,11,12,13). The lowest BCUT2D eigenvalue weighted by molar-refractivity contribution is 0.579. The predicted molar refractivity (Wildman–Crippen MR) is 52.5 cm³/mol. The highest BCUT2D eigenvalue weighted by Crippen LogP contribution is 2.24. The van der Waals surface area contributed by atoms with Crippen LogP contribution in [0.5, 0.6) is 0 Å². The number of nitrogens with zero attached hydrogens (tertiary/aromatic N) is 2. The largest absolute Gasteiger partial charge is 0.370 e. The van der Waals surface area contributed by atoms with Gasteiger partial charge in [0.2, 0.25) is 0 Å². The van der Waals surface area contributed by atoms with Crippen LogP contribution in [0.25, 0.3) is 0 Å². The number of aromatic nitrogens is 2. The van der Waals surface area contributed by atoms with Crippen molar-refractivity contribution in [2.75, 3.05) is 11.9 Å². The lowest BCUT2D eigenvalue weighted by atomic mass is 10.1. The van der Waals surface area contributed by atoms with E-state index in [9.17, 15) is 0 Å². The van der Waals surface area contributed by atoms with E-state index >= 15 is 0 Å².